The van der Waals surface area contributed by atoms with Gasteiger partial charge in [0.15, 0.2) is 0 Å². The fourth-order valence-corrected chi connectivity index (χ4v) is 2.13. The van der Waals surface area contributed by atoms with E-state index in [1.165, 1.54) is 6.42 Å². The molecule has 0 amide bonds. The van der Waals surface area contributed by atoms with Crippen LogP contribution in [0, 0.1) is 18.3 Å². The number of nitrogens with one attached hydrogen (secondary N) is 2. The molecule has 0 saturated carbocycles. The molecule has 1 aromatic heterocycles. The van der Waals surface area contributed by atoms with Crippen LogP contribution in [0.25, 0.3) is 0 Å². The Kier molecular flexibility index (Phi) is 3.11. The maximum absolute atomic E-state index is 9.08. The summed E-state index contributed by atoms with van der Waals surface area (Å²) in [7, 11) is 1.87. The smallest absolute Gasteiger partial charge is 0.142 e. The van der Waals surface area contributed by atoms with Gasteiger partial charge in [0, 0.05) is 19.6 Å². The minimum Gasteiger partial charge on any atom is -0.365 e. The maximum Gasteiger partial charge on any atom is 0.142 e. The highest BCUT2D eigenvalue weighted by Gasteiger charge is 2.18. The van der Waals surface area contributed by atoms with Crippen LogP contribution in [-0.2, 0) is 7.05 Å². The van der Waals surface area contributed by atoms with Crippen LogP contribution in [0.4, 0.5) is 5.82 Å². The van der Waals surface area contributed by atoms with Gasteiger partial charge in [-0.05, 0) is 26.3 Å². The number of hydrogen-bond donors (Lipinski definition) is 2. The minimum atomic E-state index is 0.399. The second-order valence-corrected chi connectivity index (χ2v) is 4.23. The Bertz CT molecular complexity index is 409. The van der Waals surface area contributed by atoms with Gasteiger partial charge in [-0.15, -0.1) is 0 Å². The van der Waals surface area contributed by atoms with Gasteiger partial charge in [0.2, 0.25) is 0 Å². The van der Waals surface area contributed by atoms with Gasteiger partial charge in [0.25, 0.3) is 0 Å². The molecule has 0 spiro atoms. The van der Waals surface area contributed by atoms with Gasteiger partial charge in [0.1, 0.15) is 17.5 Å². The third-order valence-electron chi connectivity index (χ3n) is 2.97. The van der Waals surface area contributed by atoms with Crippen molar-refractivity contribution in [3.8, 4) is 6.07 Å². The van der Waals surface area contributed by atoms with Gasteiger partial charge in [-0.25, -0.2) is 0 Å². The second-order valence-electron chi connectivity index (χ2n) is 4.23. The van der Waals surface area contributed by atoms with Crippen molar-refractivity contribution in [3.63, 3.8) is 0 Å². The predicted octanol–water partition coefficient (Wildman–Crippen LogP) is 0.764. The second kappa shape index (κ2) is 4.54. The van der Waals surface area contributed by atoms with Crippen LogP contribution in [0.1, 0.15) is 24.1 Å². The summed E-state index contributed by atoms with van der Waals surface area (Å²) in [5.74, 6) is 0.841. The molecule has 1 aromatic rings. The quantitative estimate of drug-likeness (QED) is 0.771. The summed E-state index contributed by atoms with van der Waals surface area (Å²) in [6.45, 7) is 3.91. The minimum absolute atomic E-state index is 0.399. The molecular formula is C11H17N5. The van der Waals surface area contributed by atoms with Crippen LogP contribution in [0.5, 0.6) is 0 Å². The highest BCUT2D eigenvalue weighted by molar-refractivity contribution is 5.55. The molecule has 0 radical (unpaired) electrons. The first-order valence-corrected chi connectivity index (χ1v) is 5.63. The summed E-state index contributed by atoms with van der Waals surface area (Å²) >= 11 is 0. The molecule has 5 heteroatoms. The van der Waals surface area contributed by atoms with Crippen molar-refractivity contribution in [2.24, 2.45) is 7.05 Å². The lowest BCUT2D eigenvalue weighted by molar-refractivity contribution is 0.477. The molecule has 1 fully saturated rings. The molecule has 0 aliphatic carbocycles. The molecule has 1 aliphatic heterocycles. The number of hydrogen-bond acceptors (Lipinski definition) is 4. The average molecular weight is 219 g/mol. The molecule has 16 heavy (non-hydrogen) atoms. The SMILES string of the molecule is Cc1nn(C)c(NC2CCCNC2)c1C#N. The predicted molar refractivity (Wildman–Crippen MR) is 62.2 cm³/mol. The zero-order valence-corrected chi connectivity index (χ0v) is 9.75. The van der Waals surface area contributed by atoms with E-state index in [1.54, 1.807) is 4.68 Å². The van der Waals surface area contributed by atoms with E-state index < -0.39 is 0 Å². The van der Waals surface area contributed by atoms with E-state index >= 15 is 0 Å². The highest BCUT2D eigenvalue weighted by Crippen LogP contribution is 2.19. The fraction of sp³-hybridized carbons (Fsp3) is 0.636. The Morgan fingerprint density at radius 3 is 3.06 bits per heavy atom. The van der Waals surface area contributed by atoms with Crippen molar-refractivity contribution < 1.29 is 0 Å². The van der Waals surface area contributed by atoms with Crippen molar-refractivity contribution in [3.05, 3.63) is 11.3 Å². The molecule has 0 aromatic carbocycles. The van der Waals surface area contributed by atoms with Crippen molar-refractivity contribution in [2.75, 3.05) is 18.4 Å². The molecule has 1 atom stereocenters. The van der Waals surface area contributed by atoms with E-state index in [0.29, 0.717) is 11.6 Å². The van der Waals surface area contributed by atoms with Crippen molar-refractivity contribution in [1.82, 2.24) is 15.1 Å². The summed E-state index contributed by atoms with van der Waals surface area (Å²) in [5.41, 5.74) is 1.45. The zero-order chi connectivity index (χ0) is 11.5. The van der Waals surface area contributed by atoms with E-state index in [1.807, 2.05) is 14.0 Å². The molecule has 1 aliphatic rings. The standard InChI is InChI=1S/C11H17N5/c1-8-10(6-12)11(16(2)15-8)14-9-4-3-5-13-7-9/h9,13-14H,3-5,7H2,1-2H3. The third-order valence-corrected chi connectivity index (χ3v) is 2.97. The molecular weight excluding hydrogens is 202 g/mol. The lowest BCUT2D eigenvalue weighted by atomic mass is 10.1. The zero-order valence-electron chi connectivity index (χ0n) is 9.75. The first-order chi connectivity index (χ1) is 7.72. The fourth-order valence-electron chi connectivity index (χ4n) is 2.13. The Morgan fingerprint density at radius 1 is 1.62 bits per heavy atom. The van der Waals surface area contributed by atoms with E-state index in [2.05, 4.69) is 21.8 Å². The van der Waals surface area contributed by atoms with E-state index in [-0.39, 0.29) is 0 Å². The molecule has 1 unspecified atom stereocenters. The third kappa shape index (κ3) is 2.02. The summed E-state index contributed by atoms with van der Waals surface area (Å²) in [6, 6.07) is 2.61. The van der Waals surface area contributed by atoms with Crippen molar-refractivity contribution >= 4 is 5.82 Å². The van der Waals surface area contributed by atoms with E-state index in [4.69, 9.17) is 5.26 Å². The van der Waals surface area contributed by atoms with Crippen LogP contribution >= 0.6 is 0 Å². The van der Waals surface area contributed by atoms with Crippen LogP contribution in [0.2, 0.25) is 0 Å². The average Bonchev–Trinajstić information content (AvgIpc) is 2.55. The van der Waals surface area contributed by atoms with Gasteiger partial charge < -0.3 is 10.6 Å². The number of nitrogens with zero attached hydrogens (tertiary/aromatic N) is 3. The highest BCUT2D eigenvalue weighted by atomic mass is 15.3. The Labute approximate surface area is 95.4 Å². The van der Waals surface area contributed by atoms with Crippen LogP contribution in [0.15, 0.2) is 0 Å². The molecule has 5 nitrogen and oxygen atoms in total. The van der Waals surface area contributed by atoms with Gasteiger partial charge in [-0.3, -0.25) is 4.68 Å². The first-order valence-electron chi connectivity index (χ1n) is 5.63. The molecule has 86 valence electrons. The largest absolute Gasteiger partial charge is 0.365 e. The summed E-state index contributed by atoms with van der Waals surface area (Å²) in [4.78, 5) is 0. The van der Waals surface area contributed by atoms with E-state index in [0.717, 1.165) is 31.0 Å². The van der Waals surface area contributed by atoms with Gasteiger partial charge in [-0.1, -0.05) is 0 Å². The van der Waals surface area contributed by atoms with E-state index in [9.17, 15) is 0 Å². The number of piperidine rings is 1. The molecule has 2 rings (SSSR count). The van der Waals surface area contributed by atoms with Crippen LogP contribution in [0.3, 0.4) is 0 Å². The summed E-state index contributed by atoms with van der Waals surface area (Å²) < 4.78 is 1.75. The van der Waals surface area contributed by atoms with Gasteiger partial charge >= 0.3 is 0 Å². The number of nitriles is 1. The van der Waals surface area contributed by atoms with Crippen molar-refractivity contribution in [1.29, 1.82) is 5.26 Å². The summed E-state index contributed by atoms with van der Waals surface area (Å²) in [6.07, 6.45) is 2.32. The molecule has 2 heterocycles. The normalized spacial score (nSPS) is 20.4. The topological polar surface area (TPSA) is 65.7 Å². The first kappa shape index (κ1) is 11.0. The number of aromatic nitrogens is 2. The molecule has 1 saturated heterocycles. The molecule has 2 N–H and O–H groups in total. The lowest BCUT2D eigenvalue weighted by Gasteiger charge is -2.24. The Morgan fingerprint density at radius 2 is 2.44 bits per heavy atom. The Balaban J connectivity index is 2.17. The van der Waals surface area contributed by atoms with Gasteiger partial charge in [0.05, 0.1) is 5.69 Å². The van der Waals surface area contributed by atoms with Gasteiger partial charge in [-0.2, -0.15) is 10.4 Å². The van der Waals surface area contributed by atoms with Crippen LogP contribution in [-0.4, -0.2) is 28.9 Å². The molecule has 0 bridgehead atoms. The monoisotopic (exact) mass is 219 g/mol. The number of rotatable bonds is 2. The summed E-state index contributed by atoms with van der Waals surface area (Å²) in [5, 5.41) is 20.1. The lowest BCUT2D eigenvalue weighted by Crippen LogP contribution is -2.39. The maximum atomic E-state index is 9.08. The van der Waals surface area contributed by atoms with Crippen molar-refractivity contribution in [2.45, 2.75) is 25.8 Å². The Hall–Kier alpha value is -1.54. The number of anilines is 1. The van der Waals surface area contributed by atoms with Crippen LogP contribution < -0.4 is 10.6 Å². The number of aryl methyl sites for hydroxylation is 2.